The van der Waals surface area contributed by atoms with Gasteiger partial charge in [0.1, 0.15) is 11.2 Å². The Bertz CT molecular complexity index is 1260. The highest BCUT2D eigenvalue weighted by molar-refractivity contribution is 5.97. The van der Waals surface area contributed by atoms with E-state index in [-0.39, 0.29) is 33.5 Å². The van der Waals surface area contributed by atoms with E-state index in [2.05, 4.69) is 0 Å². The van der Waals surface area contributed by atoms with Crippen LogP contribution >= 0.6 is 0 Å². The molecule has 0 saturated carbocycles. The monoisotopic (exact) mass is 334 g/mol. The van der Waals surface area contributed by atoms with Gasteiger partial charge in [0, 0.05) is 6.07 Å². The van der Waals surface area contributed by atoms with E-state index in [1.165, 1.54) is 6.07 Å². The minimum atomic E-state index is -1.45. The fourth-order valence-electron chi connectivity index (χ4n) is 2.73. The van der Waals surface area contributed by atoms with Crippen LogP contribution in [-0.2, 0) is 0 Å². The molecule has 122 valence electrons. The van der Waals surface area contributed by atoms with Gasteiger partial charge >= 0.3 is 5.97 Å². The maximum atomic E-state index is 12.6. The van der Waals surface area contributed by atoms with E-state index in [9.17, 15) is 19.5 Å². The van der Waals surface area contributed by atoms with Gasteiger partial charge in [0.2, 0.25) is 5.43 Å². The fraction of sp³-hybridized carbons (Fsp3) is 0. The zero-order valence-electron chi connectivity index (χ0n) is 12.7. The van der Waals surface area contributed by atoms with Crippen LogP contribution in [-0.4, -0.2) is 11.1 Å². The molecule has 0 bridgehead atoms. The number of benzene rings is 2. The number of hydrogen-bond acceptors (Lipinski definition) is 5. The van der Waals surface area contributed by atoms with Crippen molar-refractivity contribution in [2.75, 3.05) is 0 Å². The van der Waals surface area contributed by atoms with Crippen molar-refractivity contribution < 1.29 is 18.7 Å². The van der Waals surface area contributed by atoms with Crippen LogP contribution in [0, 0.1) is 0 Å². The van der Waals surface area contributed by atoms with Crippen molar-refractivity contribution in [3.05, 3.63) is 80.6 Å². The molecule has 6 heteroatoms. The number of carbonyl (C=O) groups is 1. The standard InChI is InChI=1S/C19H10O6/c20-12-9-15(24-13-7-3-1-5-10(12)13)18-16(19(22)23)17(21)11-6-2-4-8-14(11)25-18/h1-9H,(H,22,23). The van der Waals surface area contributed by atoms with Crippen LogP contribution in [0.3, 0.4) is 0 Å². The maximum Gasteiger partial charge on any atom is 0.343 e. The Morgan fingerprint density at radius 2 is 1.44 bits per heavy atom. The third-order valence-electron chi connectivity index (χ3n) is 3.87. The largest absolute Gasteiger partial charge is 0.477 e. The Morgan fingerprint density at radius 1 is 0.840 bits per heavy atom. The number of rotatable bonds is 2. The summed E-state index contributed by atoms with van der Waals surface area (Å²) in [5.41, 5.74) is -1.14. The van der Waals surface area contributed by atoms with Gasteiger partial charge in [-0.15, -0.1) is 0 Å². The minimum absolute atomic E-state index is 0.107. The van der Waals surface area contributed by atoms with Gasteiger partial charge in [-0.25, -0.2) is 4.79 Å². The van der Waals surface area contributed by atoms with Gasteiger partial charge in [0.15, 0.2) is 22.5 Å². The van der Waals surface area contributed by atoms with Gasteiger partial charge in [-0.2, -0.15) is 0 Å². The van der Waals surface area contributed by atoms with E-state index in [0.29, 0.717) is 5.39 Å². The molecule has 0 amide bonds. The van der Waals surface area contributed by atoms with Gasteiger partial charge in [-0.3, -0.25) is 9.59 Å². The molecule has 0 radical (unpaired) electrons. The summed E-state index contributed by atoms with van der Waals surface area (Å²) in [6, 6.07) is 14.0. The molecule has 2 aromatic carbocycles. The molecule has 1 N–H and O–H groups in total. The Balaban J connectivity index is 2.14. The summed E-state index contributed by atoms with van der Waals surface area (Å²) in [7, 11) is 0. The number of para-hydroxylation sites is 2. The van der Waals surface area contributed by atoms with Crippen LogP contribution in [0.1, 0.15) is 10.4 Å². The average molecular weight is 334 g/mol. The molecule has 4 rings (SSSR count). The predicted octanol–water partition coefficient (Wildman–Crippen LogP) is 3.26. The first-order valence-electron chi connectivity index (χ1n) is 7.38. The van der Waals surface area contributed by atoms with E-state index in [4.69, 9.17) is 8.83 Å². The lowest BCUT2D eigenvalue weighted by Crippen LogP contribution is -2.17. The highest BCUT2D eigenvalue weighted by atomic mass is 16.4. The molecular formula is C19H10O6. The van der Waals surface area contributed by atoms with Gasteiger partial charge in [-0.05, 0) is 24.3 Å². The van der Waals surface area contributed by atoms with E-state index < -0.39 is 17.0 Å². The van der Waals surface area contributed by atoms with E-state index in [1.807, 2.05) is 0 Å². The van der Waals surface area contributed by atoms with Crippen LogP contribution in [0.4, 0.5) is 0 Å². The highest BCUT2D eigenvalue weighted by Gasteiger charge is 2.24. The molecule has 0 unspecified atom stereocenters. The van der Waals surface area contributed by atoms with Crippen LogP contribution < -0.4 is 10.9 Å². The molecule has 0 aliphatic carbocycles. The topological polar surface area (TPSA) is 97.7 Å². The highest BCUT2D eigenvalue weighted by Crippen LogP contribution is 2.27. The van der Waals surface area contributed by atoms with Crippen molar-refractivity contribution in [1.29, 1.82) is 0 Å². The predicted molar refractivity (Wildman–Crippen MR) is 90.9 cm³/mol. The molecule has 2 heterocycles. The third kappa shape index (κ3) is 2.31. The molecule has 0 aliphatic rings. The normalized spacial score (nSPS) is 11.0. The number of carboxylic acid groups (broad SMARTS) is 1. The summed E-state index contributed by atoms with van der Waals surface area (Å²) in [5.74, 6) is -1.84. The molecule has 6 nitrogen and oxygen atoms in total. The second-order valence-electron chi connectivity index (χ2n) is 5.41. The van der Waals surface area contributed by atoms with Crippen LogP contribution in [0.15, 0.2) is 73.0 Å². The zero-order valence-corrected chi connectivity index (χ0v) is 12.7. The summed E-state index contributed by atoms with van der Waals surface area (Å²) in [6.07, 6.45) is 0. The number of carboxylic acids is 1. The Morgan fingerprint density at radius 3 is 2.12 bits per heavy atom. The maximum absolute atomic E-state index is 12.6. The third-order valence-corrected chi connectivity index (χ3v) is 3.87. The molecule has 25 heavy (non-hydrogen) atoms. The van der Waals surface area contributed by atoms with Crippen molar-refractivity contribution in [3.63, 3.8) is 0 Å². The van der Waals surface area contributed by atoms with Crippen molar-refractivity contribution >= 4 is 27.9 Å². The van der Waals surface area contributed by atoms with Crippen molar-refractivity contribution in [2.45, 2.75) is 0 Å². The Kier molecular flexibility index (Phi) is 3.25. The Hall–Kier alpha value is -3.67. The van der Waals surface area contributed by atoms with Crippen LogP contribution in [0.2, 0.25) is 0 Å². The summed E-state index contributed by atoms with van der Waals surface area (Å²) in [5, 5.41) is 9.97. The van der Waals surface area contributed by atoms with Crippen LogP contribution in [0.5, 0.6) is 0 Å². The molecule has 0 atom stereocenters. The van der Waals surface area contributed by atoms with Crippen molar-refractivity contribution in [3.8, 4) is 11.5 Å². The summed E-state index contributed by atoms with van der Waals surface area (Å²) in [6.45, 7) is 0. The molecule has 4 aromatic rings. The van der Waals surface area contributed by atoms with Crippen molar-refractivity contribution in [2.24, 2.45) is 0 Å². The zero-order chi connectivity index (χ0) is 17.6. The quantitative estimate of drug-likeness (QED) is 0.604. The summed E-state index contributed by atoms with van der Waals surface area (Å²) < 4.78 is 11.2. The van der Waals surface area contributed by atoms with Gasteiger partial charge < -0.3 is 13.9 Å². The van der Waals surface area contributed by atoms with Gasteiger partial charge in [0.25, 0.3) is 0 Å². The summed E-state index contributed by atoms with van der Waals surface area (Å²) in [4.78, 5) is 36.5. The van der Waals surface area contributed by atoms with Crippen LogP contribution in [0.25, 0.3) is 33.5 Å². The SMILES string of the molecule is O=C(O)c1c(-c2cc(=O)c3ccccc3o2)oc2ccccc2c1=O. The Labute approximate surface area is 139 Å². The first-order valence-corrected chi connectivity index (χ1v) is 7.38. The second-order valence-corrected chi connectivity index (χ2v) is 5.41. The van der Waals surface area contributed by atoms with E-state index in [1.54, 1.807) is 42.5 Å². The molecule has 0 aliphatic heterocycles. The number of hydrogen-bond donors (Lipinski definition) is 1. The van der Waals surface area contributed by atoms with Gasteiger partial charge in [-0.1, -0.05) is 24.3 Å². The number of fused-ring (bicyclic) bond motifs is 2. The van der Waals surface area contributed by atoms with E-state index >= 15 is 0 Å². The molecular weight excluding hydrogens is 324 g/mol. The van der Waals surface area contributed by atoms with Crippen molar-refractivity contribution in [1.82, 2.24) is 0 Å². The molecule has 2 aromatic heterocycles. The lowest BCUT2D eigenvalue weighted by atomic mass is 10.1. The smallest absolute Gasteiger partial charge is 0.343 e. The molecule has 0 saturated heterocycles. The average Bonchev–Trinajstić information content (AvgIpc) is 2.61. The van der Waals surface area contributed by atoms with E-state index in [0.717, 1.165) is 6.07 Å². The minimum Gasteiger partial charge on any atom is -0.477 e. The van der Waals surface area contributed by atoms with Gasteiger partial charge in [0.05, 0.1) is 10.8 Å². The first kappa shape index (κ1) is 14.9. The lowest BCUT2D eigenvalue weighted by Gasteiger charge is -2.07. The lowest BCUT2D eigenvalue weighted by molar-refractivity contribution is 0.0694. The second kappa shape index (κ2) is 5.45. The first-order chi connectivity index (χ1) is 12.1. The summed E-state index contributed by atoms with van der Waals surface area (Å²) >= 11 is 0. The molecule has 0 spiro atoms. The number of aromatic carboxylic acids is 1. The fourth-order valence-corrected chi connectivity index (χ4v) is 2.73. The molecule has 0 fully saturated rings.